The predicted molar refractivity (Wildman–Crippen MR) is 102 cm³/mol. The third-order valence-electron chi connectivity index (χ3n) is 5.00. The van der Waals surface area contributed by atoms with E-state index < -0.39 is 0 Å². The van der Waals surface area contributed by atoms with E-state index in [0.29, 0.717) is 40.4 Å². The molecular weight excluding hydrogens is 352 g/mol. The third-order valence-corrected chi connectivity index (χ3v) is 5.37. The smallest absolute Gasteiger partial charge is 0.292 e. The maximum atomic E-state index is 12.4. The van der Waals surface area contributed by atoms with Crippen molar-refractivity contribution in [1.29, 1.82) is 0 Å². The van der Waals surface area contributed by atoms with Gasteiger partial charge in [-0.15, -0.1) is 5.10 Å². The second kappa shape index (κ2) is 7.07. The van der Waals surface area contributed by atoms with Gasteiger partial charge in [0.05, 0.1) is 6.54 Å². The van der Waals surface area contributed by atoms with Gasteiger partial charge in [-0.25, -0.2) is 9.78 Å². The van der Waals surface area contributed by atoms with E-state index in [0.717, 1.165) is 18.4 Å². The molecule has 136 valence electrons. The number of nitrogens with one attached hydrogen (secondary N) is 2. The molecule has 1 aromatic carbocycles. The van der Waals surface area contributed by atoms with Crippen LogP contribution in [0.3, 0.4) is 0 Å². The average molecular weight is 373 g/mol. The van der Waals surface area contributed by atoms with Crippen LogP contribution in [0.4, 0.5) is 5.82 Å². The number of anilines is 1. The van der Waals surface area contributed by atoms with E-state index in [4.69, 9.17) is 11.6 Å². The van der Waals surface area contributed by atoms with Crippen molar-refractivity contribution in [2.45, 2.75) is 45.2 Å². The Balaban J connectivity index is 1.67. The van der Waals surface area contributed by atoms with Gasteiger partial charge in [-0.05, 0) is 30.4 Å². The third kappa shape index (κ3) is 3.31. The molecule has 0 unspecified atom stereocenters. The van der Waals surface area contributed by atoms with Crippen molar-refractivity contribution in [1.82, 2.24) is 25.2 Å². The summed E-state index contributed by atoms with van der Waals surface area (Å²) in [5.74, 6) is 1.28. The predicted octanol–water partition coefficient (Wildman–Crippen LogP) is 3.21. The quantitative estimate of drug-likeness (QED) is 0.734. The standard InChI is InChI=1S/C18H21ClN6O/c1-11-5-4-7-13(9-11)20-17-15-16(18(26)23-22-17)25(24-21-15)10-12-6-2-3-8-14(12)19/h2-3,6,8,11,13H,4-5,7,9-10H2,1H3,(H,20,22)(H,23,26)/t11-,13+/m0/s1. The molecule has 0 radical (unpaired) electrons. The fourth-order valence-corrected chi connectivity index (χ4v) is 3.86. The summed E-state index contributed by atoms with van der Waals surface area (Å²) in [6.07, 6.45) is 4.65. The lowest BCUT2D eigenvalue weighted by molar-refractivity contribution is 0.358. The van der Waals surface area contributed by atoms with Gasteiger partial charge in [0, 0.05) is 11.1 Å². The summed E-state index contributed by atoms with van der Waals surface area (Å²) in [7, 11) is 0. The van der Waals surface area contributed by atoms with Crippen LogP contribution in [0.1, 0.15) is 38.2 Å². The Morgan fingerprint density at radius 2 is 2.19 bits per heavy atom. The molecule has 2 aromatic heterocycles. The number of halogens is 1. The largest absolute Gasteiger partial charge is 0.364 e. The summed E-state index contributed by atoms with van der Waals surface area (Å²) in [5, 5.41) is 19.2. The number of rotatable bonds is 4. The van der Waals surface area contributed by atoms with E-state index in [9.17, 15) is 4.79 Å². The Morgan fingerprint density at radius 1 is 1.35 bits per heavy atom. The molecule has 2 atom stereocenters. The Bertz CT molecular complexity index is 981. The molecule has 1 aliphatic carbocycles. The first-order valence-corrected chi connectivity index (χ1v) is 9.31. The van der Waals surface area contributed by atoms with Crippen LogP contribution in [0.2, 0.25) is 5.02 Å². The monoisotopic (exact) mass is 372 g/mol. The summed E-state index contributed by atoms with van der Waals surface area (Å²) >= 11 is 6.23. The van der Waals surface area contributed by atoms with E-state index in [1.54, 1.807) is 4.68 Å². The van der Waals surface area contributed by atoms with Crippen LogP contribution in [0, 0.1) is 5.92 Å². The van der Waals surface area contributed by atoms with Crippen molar-refractivity contribution in [3.63, 3.8) is 0 Å². The van der Waals surface area contributed by atoms with Crippen molar-refractivity contribution in [3.8, 4) is 0 Å². The SMILES string of the molecule is C[C@H]1CCC[C@@H](Nc2n[nH]c(=O)c3c2nnn3Cc2ccccc2Cl)C1. The van der Waals surface area contributed by atoms with Crippen LogP contribution in [-0.2, 0) is 6.54 Å². The molecule has 8 heteroatoms. The minimum Gasteiger partial charge on any atom is -0.364 e. The molecule has 2 N–H and O–H groups in total. The van der Waals surface area contributed by atoms with Crippen molar-refractivity contribution < 1.29 is 0 Å². The summed E-state index contributed by atoms with van der Waals surface area (Å²) < 4.78 is 1.58. The van der Waals surface area contributed by atoms with Crippen LogP contribution >= 0.6 is 11.6 Å². The molecule has 0 aliphatic heterocycles. The summed E-state index contributed by atoms with van der Waals surface area (Å²) in [6.45, 7) is 2.65. The highest BCUT2D eigenvalue weighted by atomic mass is 35.5. The van der Waals surface area contributed by atoms with E-state index in [2.05, 4.69) is 32.7 Å². The maximum absolute atomic E-state index is 12.4. The number of nitrogens with zero attached hydrogens (tertiary/aromatic N) is 4. The van der Waals surface area contributed by atoms with Gasteiger partial charge in [-0.2, -0.15) is 5.10 Å². The molecule has 3 aromatic rings. The molecular formula is C18H21ClN6O. The molecule has 0 bridgehead atoms. The fourth-order valence-electron chi connectivity index (χ4n) is 3.67. The number of aromatic nitrogens is 5. The van der Waals surface area contributed by atoms with Gasteiger partial charge in [0.1, 0.15) is 0 Å². The second-order valence-electron chi connectivity index (χ2n) is 7.05. The zero-order valence-electron chi connectivity index (χ0n) is 14.6. The van der Waals surface area contributed by atoms with Crippen molar-refractivity contribution >= 4 is 28.5 Å². The van der Waals surface area contributed by atoms with Crippen LogP contribution < -0.4 is 10.9 Å². The lowest BCUT2D eigenvalue weighted by atomic mass is 9.87. The van der Waals surface area contributed by atoms with Gasteiger partial charge < -0.3 is 5.32 Å². The Morgan fingerprint density at radius 3 is 3.00 bits per heavy atom. The summed E-state index contributed by atoms with van der Waals surface area (Å²) in [6, 6.07) is 7.85. The van der Waals surface area contributed by atoms with E-state index in [1.165, 1.54) is 12.8 Å². The van der Waals surface area contributed by atoms with E-state index in [1.807, 2.05) is 24.3 Å². The van der Waals surface area contributed by atoms with Gasteiger partial charge in [-0.1, -0.05) is 54.8 Å². The molecule has 0 saturated heterocycles. The molecule has 1 saturated carbocycles. The zero-order valence-corrected chi connectivity index (χ0v) is 15.3. The van der Waals surface area contributed by atoms with Crippen molar-refractivity contribution in [2.24, 2.45) is 5.92 Å². The van der Waals surface area contributed by atoms with Gasteiger partial charge in [0.15, 0.2) is 16.9 Å². The average Bonchev–Trinajstić information content (AvgIpc) is 3.04. The number of H-pyrrole nitrogens is 1. The molecule has 0 spiro atoms. The zero-order chi connectivity index (χ0) is 18.1. The minimum atomic E-state index is -0.306. The topological polar surface area (TPSA) is 88.5 Å². The Labute approximate surface area is 155 Å². The van der Waals surface area contributed by atoms with Crippen molar-refractivity contribution in [2.75, 3.05) is 5.32 Å². The van der Waals surface area contributed by atoms with E-state index in [-0.39, 0.29) is 5.56 Å². The second-order valence-corrected chi connectivity index (χ2v) is 7.46. The summed E-state index contributed by atoms with van der Waals surface area (Å²) in [5.41, 5.74) is 1.48. The molecule has 26 heavy (non-hydrogen) atoms. The van der Waals surface area contributed by atoms with Gasteiger partial charge in [0.2, 0.25) is 0 Å². The lowest BCUT2D eigenvalue weighted by Crippen LogP contribution is -2.27. The molecule has 1 fully saturated rings. The van der Waals surface area contributed by atoms with Crippen molar-refractivity contribution in [3.05, 3.63) is 45.2 Å². The van der Waals surface area contributed by atoms with Crippen LogP contribution in [0.25, 0.3) is 11.0 Å². The number of hydrogen-bond donors (Lipinski definition) is 2. The number of benzene rings is 1. The number of fused-ring (bicyclic) bond motifs is 1. The van der Waals surface area contributed by atoms with Gasteiger partial charge >= 0.3 is 0 Å². The first-order valence-electron chi connectivity index (χ1n) is 8.93. The van der Waals surface area contributed by atoms with Gasteiger partial charge in [-0.3, -0.25) is 4.79 Å². The maximum Gasteiger partial charge on any atom is 0.292 e. The van der Waals surface area contributed by atoms with Crippen LogP contribution in [0.5, 0.6) is 0 Å². The van der Waals surface area contributed by atoms with Crippen LogP contribution in [0.15, 0.2) is 29.1 Å². The Kier molecular flexibility index (Phi) is 4.63. The van der Waals surface area contributed by atoms with Crippen LogP contribution in [-0.4, -0.2) is 31.2 Å². The highest BCUT2D eigenvalue weighted by molar-refractivity contribution is 6.31. The molecule has 2 heterocycles. The number of aromatic amines is 1. The first kappa shape index (κ1) is 17.0. The van der Waals surface area contributed by atoms with Gasteiger partial charge in [0.25, 0.3) is 5.56 Å². The minimum absolute atomic E-state index is 0.306. The Hall–Kier alpha value is -2.41. The molecule has 4 rings (SSSR count). The normalized spacial score (nSPS) is 20.4. The highest BCUT2D eigenvalue weighted by Gasteiger charge is 2.22. The number of hydrogen-bond acceptors (Lipinski definition) is 5. The molecule has 0 amide bonds. The summed E-state index contributed by atoms with van der Waals surface area (Å²) in [4.78, 5) is 12.4. The molecule has 1 aliphatic rings. The highest BCUT2D eigenvalue weighted by Crippen LogP contribution is 2.27. The lowest BCUT2D eigenvalue weighted by Gasteiger charge is -2.27. The molecule has 7 nitrogen and oxygen atoms in total. The first-order chi connectivity index (χ1) is 12.6. The fraction of sp³-hybridized carbons (Fsp3) is 0.444. The van der Waals surface area contributed by atoms with E-state index >= 15 is 0 Å².